The van der Waals surface area contributed by atoms with Gasteiger partial charge in [-0.3, -0.25) is 14.6 Å². The zero-order valence-electron chi connectivity index (χ0n) is 14.7. The summed E-state index contributed by atoms with van der Waals surface area (Å²) in [6, 6.07) is 3.39. The Morgan fingerprint density at radius 1 is 1.28 bits per heavy atom. The Morgan fingerprint density at radius 3 is 2.80 bits per heavy atom. The van der Waals surface area contributed by atoms with Gasteiger partial charge in [-0.2, -0.15) is 0 Å². The number of nitrogens with two attached hydrogens (primary N) is 1. The zero-order chi connectivity index (χ0) is 17.6. The number of amides is 2. The van der Waals surface area contributed by atoms with Crippen molar-refractivity contribution in [3.05, 3.63) is 30.1 Å². The third-order valence-electron chi connectivity index (χ3n) is 6.04. The Hall–Kier alpha value is -1.95. The molecule has 0 saturated carbocycles. The van der Waals surface area contributed by atoms with Crippen molar-refractivity contribution >= 4 is 11.8 Å². The maximum Gasteiger partial charge on any atom is 0.245 e. The standard InChI is InChI=1S/C19H26N4O2/c1-12-7-15-4-5-17(23(15)18(24)16(20)8-12)19(25)22-10-14(11-22)13-3-2-6-21-9-13/h2-3,6,9,12,14-17H,4-5,7-8,10-11,20H2,1H3/t12-,15-,16+,17+/m1/s1. The second kappa shape index (κ2) is 6.41. The molecule has 0 unspecified atom stereocenters. The lowest BCUT2D eigenvalue weighted by Crippen LogP contribution is -2.57. The molecule has 0 radical (unpaired) electrons. The van der Waals surface area contributed by atoms with E-state index in [2.05, 4.69) is 18.0 Å². The molecule has 0 bridgehead atoms. The van der Waals surface area contributed by atoms with Gasteiger partial charge in [0.05, 0.1) is 6.04 Å². The van der Waals surface area contributed by atoms with Gasteiger partial charge in [0.2, 0.25) is 11.8 Å². The molecule has 4 rings (SSSR count). The summed E-state index contributed by atoms with van der Waals surface area (Å²) in [5.74, 6) is 0.853. The number of carbonyl (C=O) groups excluding carboxylic acids is 2. The van der Waals surface area contributed by atoms with Crippen LogP contribution in [-0.2, 0) is 9.59 Å². The van der Waals surface area contributed by atoms with Crippen molar-refractivity contribution in [2.45, 2.75) is 56.7 Å². The summed E-state index contributed by atoms with van der Waals surface area (Å²) in [5.41, 5.74) is 7.26. The van der Waals surface area contributed by atoms with E-state index in [0.717, 1.165) is 38.8 Å². The van der Waals surface area contributed by atoms with E-state index in [1.165, 1.54) is 5.56 Å². The fourth-order valence-corrected chi connectivity index (χ4v) is 4.67. The minimum atomic E-state index is -0.465. The third-order valence-corrected chi connectivity index (χ3v) is 6.04. The number of nitrogens with zero attached hydrogens (tertiary/aromatic N) is 3. The lowest BCUT2D eigenvalue weighted by atomic mass is 9.92. The minimum Gasteiger partial charge on any atom is -0.340 e. The molecule has 1 aromatic rings. The van der Waals surface area contributed by atoms with Crippen LogP contribution in [0.5, 0.6) is 0 Å². The van der Waals surface area contributed by atoms with Crippen molar-refractivity contribution in [3.8, 4) is 0 Å². The maximum absolute atomic E-state index is 13.0. The molecule has 3 fully saturated rings. The van der Waals surface area contributed by atoms with Gasteiger partial charge in [-0.15, -0.1) is 0 Å². The first-order valence-corrected chi connectivity index (χ1v) is 9.31. The molecule has 2 N–H and O–H groups in total. The van der Waals surface area contributed by atoms with Crippen molar-refractivity contribution in [2.24, 2.45) is 11.7 Å². The molecule has 0 aliphatic carbocycles. The van der Waals surface area contributed by atoms with E-state index >= 15 is 0 Å². The van der Waals surface area contributed by atoms with Gasteiger partial charge in [0.25, 0.3) is 0 Å². The number of hydrogen-bond donors (Lipinski definition) is 1. The highest BCUT2D eigenvalue weighted by Crippen LogP contribution is 2.36. The SMILES string of the molecule is C[C@@H]1C[C@H]2CC[C@@H](C(=O)N3CC(c4cccnc4)C3)N2C(=O)[C@@H](N)C1. The van der Waals surface area contributed by atoms with E-state index < -0.39 is 6.04 Å². The first-order chi connectivity index (χ1) is 12.0. The number of rotatable bonds is 2. The van der Waals surface area contributed by atoms with Crippen LogP contribution in [0.2, 0.25) is 0 Å². The third kappa shape index (κ3) is 2.92. The first kappa shape index (κ1) is 16.5. The van der Waals surface area contributed by atoms with E-state index in [1.54, 1.807) is 6.20 Å². The van der Waals surface area contributed by atoms with Gasteiger partial charge in [0, 0.05) is 37.4 Å². The fourth-order valence-electron chi connectivity index (χ4n) is 4.67. The number of likely N-dealkylation sites (tertiary alicyclic amines) is 1. The molecule has 134 valence electrons. The van der Waals surface area contributed by atoms with Crippen LogP contribution in [0, 0.1) is 5.92 Å². The largest absolute Gasteiger partial charge is 0.340 e. The van der Waals surface area contributed by atoms with Crippen LogP contribution < -0.4 is 5.73 Å². The smallest absolute Gasteiger partial charge is 0.245 e. The van der Waals surface area contributed by atoms with Crippen molar-refractivity contribution < 1.29 is 9.59 Å². The van der Waals surface area contributed by atoms with Crippen LogP contribution in [0.25, 0.3) is 0 Å². The molecule has 25 heavy (non-hydrogen) atoms. The average molecular weight is 342 g/mol. The fraction of sp³-hybridized carbons (Fsp3) is 0.632. The summed E-state index contributed by atoms with van der Waals surface area (Å²) in [6.07, 6.45) is 7.00. The van der Waals surface area contributed by atoms with Gasteiger partial charge >= 0.3 is 0 Å². The van der Waals surface area contributed by atoms with Crippen molar-refractivity contribution in [1.29, 1.82) is 0 Å². The van der Waals surface area contributed by atoms with Gasteiger partial charge in [-0.05, 0) is 43.2 Å². The molecule has 6 heteroatoms. The van der Waals surface area contributed by atoms with Gasteiger partial charge in [-0.1, -0.05) is 13.0 Å². The predicted octanol–water partition coefficient (Wildman–Crippen LogP) is 1.12. The summed E-state index contributed by atoms with van der Waals surface area (Å²) in [5, 5.41) is 0. The van der Waals surface area contributed by atoms with Crippen molar-refractivity contribution in [3.63, 3.8) is 0 Å². The molecule has 0 spiro atoms. The number of carbonyl (C=O) groups is 2. The van der Waals surface area contributed by atoms with Crippen molar-refractivity contribution in [1.82, 2.24) is 14.8 Å². The molecular weight excluding hydrogens is 316 g/mol. The molecular formula is C19H26N4O2. The van der Waals surface area contributed by atoms with E-state index in [4.69, 9.17) is 5.73 Å². The Labute approximate surface area is 148 Å². The lowest BCUT2D eigenvalue weighted by Gasteiger charge is -2.42. The summed E-state index contributed by atoms with van der Waals surface area (Å²) in [7, 11) is 0. The highest BCUT2D eigenvalue weighted by Gasteiger charge is 2.47. The quantitative estimate of drug-likeness (QED) is 0.874. The number of hydrogen-bond acceptors (Lipinski definition) is 4. The van der Waals surface area contributed by atoms with Crippen LogP contribution in [0.1, 0.15) is 44.1 Å². The van der Waals surface area contributed by atoms with Crippen molar-refractivity contribution in [2.75, 3.05) is 13.1 Å². The Morgan fingerprint density at radius 2 is 2.08 bits per heavy atom. The Kier molecular flexibility index (Phi) is 4.23. The highest BCUT2D eigenvalue weighted by molar-refractivity contribution is 5.91. The van der Waals surface area contributed by atoms with Crippen LogP contribution in [0.4, 0.5) is 0 Å². The average Bonchev–Trinajstić information content (AvgIpc) is 2.92. The zero-order valence-corrected chi connectivity index (χ0v) is 14.7. The number of pyridine rings is 1. The van der Waals surface area contributed by atoms with E-state index in [9.17, 15) is 9.59 Å². The normalized spacial score (nSPS) is 33.0. The van der Waals surface area contributed by atoms with E-state index in [1.807, 2.05) is 22.1 Å². The maximum atomic E-state index is 13.0. The monoisotopic (exact) mass is 342 g/mol. The number of fused-ring (bicyclic) bond motifs is 1. The first-order valence-electron chi connectivity index (χ1n) is 9.31. The van der Waals surface area contributed by atoms with Gasteiger partial charge < -0.3 is 15.5 Å². The summed E-state index contributed by atoms with van der Waals surface area (Å²) >= 11 is 0. The molecule has 4 heterocycles. The molecule has 1 aromatic heterocycles. The van der Waals surface area contributed by atoms with Gasteiger partial charge in [0.1, 0.15) is 6.04 Å². The topological polar surface area (TPSA) is 79.5 Å². The Bertz CT molecular complexity index is 659. The highest BCUT2D eigenvalue weighted by atomic mass is 16.2. The summed E-state index contributed by atoms with van der Waals surface area (Å²) < 4.78 is 0. The second-order valence-corrected chi connectivity index (χ2v) is 7.90. The molecule has 0 aromatic carbocycles. The predicted molar refractivity (Wildman–Crippen MR) is 93.6 cm³/mol. The van der Waals surface area contributed by atoms with Gasteiger partial charge in [-0.25, -0.2) is 0 Å². The van der Waals surface area contributed by atoms with Crippen LogP contribution >= 0.6 is 0 Å². The van der Waals surface area contributed by atoms with Crippen LogP contribution in [0.15, 0.2) is 24.5 Å². The van der Waals surface area contributed by atoms with Crippen LogP contribution in [-0.4, -0.2) is 57.8 Å². The molecule has 3 aliphatic rings. The molecule has 4 atom stereocenters. The lowest BCUT2D eigenvalue weighted by molar-refractivity contribution is -0.148. The summed E-state index contributed by atoms with van der Waals surface area (Å²) in [6.45, 7) is 3.59. The van der Waals surface area contributed by atoms with Crippen LogP contribution in [0.3, 0.4) is 0 Å². The van der Waals surface area contributed by atoms with E-state index in [0.29, 0.717) is 11.8 Å². The van der Waals surface area contributed by atoms with E-state index in [-0.39, 0.29) is 23.9 Å². The molecule has 2 amide bonds. The molecule has 6 nitrogen and oxygen atoms in total. The molecule has 3 saturated heterocycles. The number of aromatic nitrogens is 1. The van der Waals surface area contributed by atoms with Gasteiger partial charge in [0.15, 0.2) is 0 Å². The summed E-state index contributed by atoms with van der Waals surface area (Å²) in [4.78, 5) is 33.6. The second-order valence-electron chi connectivity index (χ2n) is 7.90. The molecule has 3 aliphatic heterocycles. The Balaban J connectivity index is 1.44. The minimum absolute atomic E-state index is 0.0328.